The lowest BCUT2D eigenvalue weighted by Crippen LogP contribution is -2.30. The van der Waals surface area contributed by atoms with Gasteiger partial charge in [-0.3, -0.25) is 0 Å². The summed E-state index contributed by atoms with van der Waals surface area (Å²) in [6.07, 6.45) is 3.72. The number of rotatable bonds is 10. The van der Waals surface area contributed by atoms with E-state index < -0.39 is 5.97 Å². The average molecular weight is 486 g/mol. The van der Waals surface area contributed by atoms with E-state index in [1.165, 1.54) is 12.8 Å². The minimum Gasteiger partial charge on any atom is -0.478 e. The van der Waals surface area contributed by atoms with Gasteiger partial charge in [0.05, 0.1) is 16.9 Å². The van der Waals surface area contributed by atoms with Crippen molar-refractivity contribution >= 4 is 29.1 Å². The van der Waals surface area contributed by atoms with Crippen molar-refractivity contribution in [1.82, 2.24) is 0 Å². The van der Waals surface area contributed by atoms with Crippen molar-refractivity contribution in [3.63, 3.8) is 0 Å². The van der Waals surface area contributed by atoms with Gasteiger partial charge < -0.3 is 20.6 Å². The molecule has 4 rings (SSSR count). The highest BCUT2D eigenvalue weighted by molar-refractivity contribution is 6.03. The zero-order valence-corrected chi connectivity index (χ0v) is 21.3. The van der Waals surface area contributed by atoms with Crippen LogP contribution in [0.2, 0.25) is 0 Å². The van der Waals surface area contributed by atoms with Crippen LogP contribution in [0.25, 0.3) is 11.1 Å². The molecule has 188 valence electrons. The molecule has 1 aliphatic rings. The predicted molar refractivity (Wildman–Crippen MR) is 147 cm³/mol. The molecular weight excluding hydrogens is 450 g/mol. The number of nitrogens with one attached hydrogen (secondary N) is 2. The van der Waals surface area contributed by atoms with E-state index in [0.29, 0.717) is 22.9 Å². The maximum Gasteiger partial charge on any atom is 0.336 e. The molecule has 6 heteroatoms. The van der Waals surface area contributed by atoms with Crippen LogP contribution in [-0.4, -0.2) is 30.2 Å². The number of carboxylic acid groups (broad SMARTS) is 1. The van der Waals surface area contributed by atoms with Crippen LogP contribution in [0.15, 0.2) is 66.7 Å². The highest BCUT2D eigenvalue weighted by Crippen LogP contribution is 2.36. The van der Waals surface area contributed by atoms with Gasteiger partial charge in [-0.25, -0.2) is 9.59 Å². The SMILES string of the molecule is Cc1ccc(NC(=O)Nc2cc(-c3ccccc3C(=O)O)ccc2N(CCC2CC2)CC(C)C)cc1. The molecule has 3 aromatic rings. The number of carbonyl (C=O) groups excluding carboxylic acids is 1. The summed E-state index contributed by atoms with van der Waals surface area (Å²) in [5.41, 5.74) is 5.02. The van der Waals surface area contributed by atoms with Gasteiger partial charge in [0.1, 0.15) is 0 Å². The summed E-state index contributed by atoms with van der Waals surface area (Å²) in [7, 11) is 0. The number of carboxylic acids is 1. The zero-order valence-electron chi connectivity index (χ0n) is 21.3. The van der Waals surface area contributed by atoms with Gasteiger partial charge in [0.25, 0.3) is 0 Å². The van der Waals surface area contributed by atoms with Gasteiger partial charge in [-0.15, -0.1) is 0 Å². The van der Waals surface area contributed by atoms with Gasteiger partial charge in [0.15, 0.2) is 0 Å². The molecule has 0 spiro atoms. The van der Waals surface area contributed by atoms with E-state index in [1.54, 1.807) is 18.2 Å². The van der Waals surface area contributed by atoms with E-state index in [1.807, 2.05) is 55.5 Å². The first-order valence-electron chi connectivity index (χ1n) is 12.7. The number of hydrogen-bond donors (Lipinski definition) is 3. The first-order chi connectivity index (χ1) is 17.3. The van der Waals surface area contributed by atoms with Crippen LogP contribution in [0, 0.1) is 18.8 Å². The second-order valence-electron chi connectivity index (χ2n) is 10.1. The summed E-state index contributed by atoms with van der Waals surface area (Å²) in [6.45, 7) is 8.17. The fourth-order valence-corrected chi connectivity index (χ4v) is 4.42. The molecule has 1 saturated carbocycles. The second kappa shape index (κ2) is 11.3. The van der Waals surface area contributed by atoms with Crippen molar-refractivity contribution in [2.24, 2.45) is 11.8 Å². The van der Waals surface area contributed by atoms with Crippen molar-refractivity contribution in [3.05, 3.63) is 77.9 Å². The lowest BCUT2D eigenvalue weighted by Gasteiger charge is -2.29. The Morgan fingerprint density at radius 3 is 2.39 bits per heavy atom. The van der Waals surface area contributed by atoms with Gasteiger partial charge >= 0.3 is 12.0 Å². The first-order valence-corrected chi connectivity index (χ1v) is 12.7. The van der Waals surface area contributed by atoms with Gasteiger partial charge in [-0.2, -0.15) is 0 Å². The summed E-state index contributed by atoms with van der Waals surface area (Å²) < 4.78 is 0. The number of nitrogens with zero attached hydrogens (tertiary/aromatic N) is 1. The molecule has 0 aliphatic heterocycles. The molecule has 0 saturated heterocycles. The van der Waals surface area contributed by atoms with Crippen molar-refractivity contribution in [2.75, 3.05) is 28.6 Å². The second-order valence-corrected chi connectivity index (χ2v) is 10.1. The molecule has 0 radical (unpaired) electrons. The predicted octanol–water partition coefficient (Wildman–Crippen LogP) is 7.27. The third-order valence-corrected chi connectivity index (χ3v) is 6.45. The van der Waals surface area contributed by atoms with Crippen LogP contribution in [0.1, 0.15) is 49.0 Å². The fourth-order valence-electron chi connectivity index (χ4n) is 4.42. The molecule has 0 atom stereocenters. The largest absolute Gasteiger partial charge is 0.478 e. The highest BCUT2D eigenvalue weighted by Gasteiger charge is 2.24. The molecule has 3 aromatic carbocycles. The van der Waals surface area contributed by atoms with Crippen LogP contribution >= 0.6 is 0 Å². The topological polar surface area (TPSA) is 81.7 Å². The number of aryl methyl sites for hydroxylation is 1. The summed E-state index contributed by atoms with van der Waals surface area (Å²) in [4.78, 5) is 27.2. The number of benzene rings is 3. The molecule has 0 unspecified atom stereocenters. The lowest BCUT2D eigenvalue weighted by atomic mass is 9.98. The number of urea groups is 1. The molecule has 1 fully saturated rings. The number of hydrogen-bond acceptors (Lipinski definition) is 3. The third kappa shape index (κ3) is 6.66. The molecule has 0 bridgehead atoms. The summed E-state index contributed by atoms with van der Waals surface area (Å²) >= 11 is 0. The standard InChI is InChI=1S/C30H35N3O3/c1-20(2)19-33(17-16-22-10-11-22)28-15-12-23(25-6-4-5-7-26(25)29(34)35)18-27(28)32-30(36)31-24-13-8-21(3)9-14-24/h4-9,12-15,18,20,22H,10-11,16-17,19H2,1-3H3,(H,34,35)(H2,31,32,36). The molecular formula is C30H35N3O3. The Labute approximate surface area is 213 Å². The van der Waals surface area contributed by atoms with Crippen molar-refractivity contribution in [1.29, 1.82) is 0 Å². The number of anilines is 3. The fraction of sp³-hybridized carbons (Fsp3) is 0.333. The van der Waals surface area contributed by atoms with Crippen LogP contribution < -0.4 is 15.5 Å². The molecule has 0 aromatic heterocycles. The van der Waals surface area contributed by atoms with E-state index in [0.717, 1.165) is 42.2 Å². The molecule has 36 heavy (non-hydrogen) atoms. The molecule has 3 N–H and O–H groups in total. The number of aromatic carboxylic acids is 1. The van der Waals surface area contributed by atoms with E-state index in [4.69, 9.17) is 0 Å². The van der Waals surface area contributed by atoms with Crippen molar-refractivity contribution in [2.45, 2.75) is 40.0 Å². The van der Waals surface area contributed by atoms with Crippen molar-refractivity contribution < 1.29 is 14.7 Å². The Hall–Kier alpha value is -3.80. The zero-order chi connectivity index (χ0) is 25.7. The monoisotopic (exact) mass is 485 g/mol. The van der Waals surface area contributed by atoms with E-state index in [2.05, 4.69) is 29.4 Å². The molecule has 2 amide bonds. The van der Waals surface area contributed by atoms with Crippen LogP contribution in [0.5, 0.6) is 0 Å². The summed E-state index contributed by atoms with van der Waals surface area (Å²) in [5, 5.41) is 15.7. The van der Waals surface area contributed by atoms with Crippen molar-refractivity contribution in [3.8, 4) is 11.1 Å². The Morgan fingerprint density at radius 1 is 1.00 bits per heavy atom. The Balaban J connectivity index is 1.69. The number of amides is 2. The van der Waals surface area contributed by atoms with Crippen LogP contribution in [0.3, 0.4) is 0 Å². The summed E-state index contributed by atoms with van der Waals surface area (Å²) in [5.74, 6) is 0.264. The van der Waals surface area contributed by atoms with Gasteiger partial charge in [0.2, 0.25) is 0 Å². The highest BCUT2D eigenvalue weighted by atomic mass is 16.4. The molecule has 1 aliphatic carbocycles. The number of carbonyl (C=O) groups is 2. The third-order valence-electron chi connectivity index (χ3n) is 6.45. The average Bonchev–Trinajstić information content (AvgIpc) is 3.67. The smallest absolute Gasteiger partial charge is 0.336 e. The normalized spacial score (nSPS) is 12.9. The Morgan fingerprint density at radius 2 is 1.72 bits per heavy atom. The minimum absolute atomic E-state index is 0.230. The van der Waals surface area contributed by atoms with E-state index in [-0.39, 0.29) is 11.6 Å². The van der Waals surface area contributed by atoms with Gasteiger partial charge in [-0.1, -0.05) is 68.7 Å². The van der Waals surface area contributed by atoms with Crippen LogP contribution in [0.4, 0.5) is 21.9 Å². The minimum atomic E-state index is -0.979. The maximum absolute atomic E-state index is 13.0. The van der Waals surface area contributed by atoms with Gasteiger partial charge in [0, 0.05) is 18.8 Å². The maximum atomic E-state index is 13.0. The van der Waals surface area contributed by atoms with E-state index >= 15 is 0 Å². The quantitative estimate of drug-likeness (QED) is 0.282. The van der Waals surface area contributed by atoms with Gasteiger partial charge in [-0.05, 0) is 66.6 Å². The molecule has 0 heterocycles. The lowest BCUT2D eigenvalue weighted by molar-refractivity contribution is 0.0697. The Kier molecular flexibility index (Phi) is 7.93. The Bertz CT molecular complexity index is 1220. The molecule has 6 nitrogen and oxygen atoms in total. The first kappa shape index (κ1) is 25.3. The van der Waals surface area contributed by atoms with E-state index in [9.17, 15) is 14.7 Å². The van der Waals surface area contributed by atoms with Crippen LogP contribution in [-0.2, 0) is 0 Å². The summed E-state index contributed by atoms with van der Waals surface area (Å²) in [6, 6.07) is 20.1.